The van der Waals surface area contributed by atoms with Gasteiger partial charge in [0.25, 0.3) is 0 Å². The van der Waals surface area contributed by atoms with Crippen molar-refractivity contribution in [1.82, 2.24) is 0 Å². The number of rotatable bonds is 4. The fourth-order valence-electron chi connectivity index (χ4n) is 3.31. The second kappa shape index (κ2) is 7.31. The highest BCUT2D eigenvalue weighted by atomic mass is 32.2. The molecule has 1 unspecified atom stereocenters. The number of halogens is 1. The predicted molar refractivity (Wildman–Crippen MR) is 109 cm³/mol. The molecule has 1 heterocycles. The maximum absolute atomic E-state index is 13.4. The highest BCUT2D eigenvalue weighted by molar-refractivity contribution is 7.89. The monoisotopic (exact) mass is 411 g/mol. The van der Waals surface area contributed by atoms with Gasteiger partial charge in [-0.25, -0.2) is 17.9 Å². The quantitative estimate of drug-likeness (QED) is 0.686. The van der Waals surface area contributed by atoms with Crippen molar-refractivity contribution in [2.24, 2.45) is 10.2 Å². The lowest BCUT2D eigenvalue weighted by atomic mass is 9.98. The first kappa shape index (κ1) is 19.1. The van der Waals surface area contributed by atoms with Gasteiger partial charge < -0.3 is 5.11 Å². The van der Waals surface area contributed by atoms with E-state index in [2.05, 4.69) is 0 Å². The van der Waals surface area contributed by atoms with Gasteiger partial charge in [0.1, 0.15) is 11.6 Å². The molecule has 1 aliphatic heterocycles. The molecule has 1 atom stereocenters. The molecule has 148 valence electrons. The Morgan fingerprint density at radius 3 is 2.17 bits per heavy atom. The van der Waals surface area contributed by atoms with Crippen LogP contribution in [0.2, 0.25) is 0 Å². The van der Waals surface area contributed by atoms with Gasteiger partial charge in [-0.05, 0) is 71.8 Å². The largest absolute Gasteiger partial charge is 0.508 e. The molecule has 6 nitrogen and oxygen atoms in total. The molecule has 0 aliphatic carbocycles. The van der Waals surface area contributed by atoms with E-state index >= 15 is 0 Å². The van der Waals surface area contributed by atoms with Crippen molar-refractivity contribution in [3.05, 3.63) is 89.7 Å². The zero-order valence-corrected chi connectivity index (χ0v) is 16.1. The summed E-state index contributed by atoms with van der Waals surface area (Å²) in [6, 6.07) is 18.9. The van der Waals surface area contributed by atoms with Crippen LogP contribution in [-0.2, 0) is 10.0 Å². The van der Waals surface area contributed by atoms with Gasteiger partial charge in [0, 0.05) is 6.42 Å². The summed E-state index contributed by atoms with van der Waals surface area (Å²) in [5.41, 5.74) is 3.22. The van der Waals surface area contributed by atoms with Crippen LogP contribution >= 0.6 is 0 Å². The summed E-state index contributed by atoms with van der Waals surface area (Å²) in [7, 11) is -3.79. The molecule has 8 heteroatoms. The third-order valence-electron chi connectivity index (χ3n) is 4.80. The van der Waals surface area contributed by atoms with E-state index in [1.165, 1.54) is 24.3 Å². The lowest BCUT2D eigenvalue weighted by molar-refractivity contribution is 0.475. The highest BCUT2D eigenvalue weighted by Crippen LogP contribution is 2.37. The minimum absolute atomic E-state index is 0.0153. The van der Waals surface area contributed by atoms with Gasteiger partial charge in [-0.3, -0.25) is 5.01 Å². The maximum atomic E-state index is 13.4. The van der Waals surface area contributed by atoms with E-state index in [1.54, 1.807) is 53.5 Å². The maximum Gasteiger partial charge on any atom is 0.238 e. The van der Waals surface area contributed by atoms with E-state index in [4.69, 9.17) is 10.2 Å². The Bertz CT molecular complexity index is 1160. The van der Waals surface area contributed by atoms with Crippen LogP contribution in [0.1, 0.15) is 23.6 Å². The highest BCUT2D eigenvalue weighted by Gasteiger charge is 2.30. The molecule has 1 aliphatic rings. The zero-order chi connectivity index (χ0) is 20.6. The molecule has 0 spiro atoms. The first-order chi connectivity index (χ1) is 13.8. The predicted octanol–water partition coefficient (Wildman–Crippen LogP) is 3.53. The van der Waals surface area contributed by atoms with Crippen LogP contribution in [0.25, 0.3) is 0 Å². The SMILES string of the molecule is NS(=O)(=O)c1ccc(N2N=C(c3ccc(O)cc3)CC2c2ccc(F)cc2)cc1. The van der Waals surface area contributed by atoms with Crippen molar-refractivity contribution < 1.29 is 17.9 Å². The number of hydrogen-bond donors (Lipinski definition) is 2. The summed E-state index contributed by atoms with van der Waals surface area (Å²) in [6.07, 6.45) is 0.563. The topological polar surface area (TPSA) is 96.0 Å². The number of phenols is 1. The molecule has 3 aromatic rings. The minimum atomic E-state index is -3.79. The van der Waals surface area contributed by atoms with E-state index in [-0.39, 0.29) is 22.5 Å². The minimum Gasteiger partial charge on any atom is -0.508 e. The van der Waals surface area contributed by atoms with Crippen LogP contribution in [0.3, 0.4) is 0 Å². The van der Waals surface area contributed by atoms with Gasteiger partial charge in [0.2, 0.25) is 10.0 Å². The Hall–Kier alpha value is -3.23. The zero-order valence-electron chi connectivity index (χ0n) is 15.2. The molecule has 3 aromatic carbocycles. The van der Waals surface area contributed by atoms with Crippen LogP contribution in [-0.4, -0.2) is 19.2 Å². The Kier molecular flexibility index (Phi) is 4.81. The fraction of sp³-hybridized carbons (Fsp3) is 0.0952. The van der Waals surface area contributed by atoms with Crippen molar-refractivity contribution in [2.75, 3.05) is 5.01 Å². The lowest BCUT2D eigenvalue weighted by Gasteiger charge is -2.24. The molecular formula is C21H18FN3O3S. The Morgan fingerprint density at radius 1 is 0.966 bits per heavy atom. The lowest BCUT2D eigenvalue weighted by Crippen LogP contribution is -2.19. The van der Waals surface area contributed by atoms with Crippen molar-refractivity contribution >= 4 is 21.4 Å². The Morgan fingerprint density at radius 2 is 1.59 bits per heavy atom. The molecule has 0 aromatic heterocycles. The van der Waals surface area contributed by atoms with Crippen molar-refractivity contribution in [1.29, 1.82) is 0 Å². The molecule has 0 saturated heterocycles. The van der Waals surface area contributed by atoms with Crippen molar-refractivity contribution in [2.45, 2.75) is 17.4 Å². The third kappa shape index (κ3) is 3.98. The summed E-state index contributed by atoms with van der Waals surface area (Å²) < 4.78 is 36.5. The number of benzene rings is 3. The second-order valence-corrected chi connectivity index (χ2v) is 8.31. The summed E-state index contributed by atoms with van der Waals surface area (Å²) in [5, 5.41) is 21.2. The average Bonchev–Trinajstić information content (AvgIpc) is 3.14. The number of sulfonamides is 1. The summed E-state index contributed by atoms with van der Waals surface area (Å²) in [6.45, 7) is 0. The molecule has 3 N–H and O–H groups in total. The number of nitrogens with zero attached hydrogens (tertiary/aromatic N) is 2. The number of aromatic hydroxyl groups is 1. The van der Waals surface area contributed by atoms with Crippen LogP contribution in [0.4, 0.5) is 10.1 Å². The van der Waals surface area contributed by atoms with Crippen LogP contribution in [0, 0.1) is 5.82 Å². The van der Waals surface area contributed by atoms with Crippen LogP contribution < -0.4 is 10.1 Å². The van der Waals surface area contributed by atoms with Gasteiger partial charge in [-0.1, -0.05) is 12.1 Å². The molecule has 29 heavy (non-hydrogen) atoms. The number of hydrazone groups is 1. The summed E-state index contributed by atoms with van der Waals surface area (Å²) in [5.74, 6) is -0.159. The van der Waals surface area contributed by atoms with Gasteiger partial charge in [0.05, 0.1) is 22.3 Å². The molecule has 0 bridgehead atoms. The molecule has 0 radical (unpaired) electrons. The smallest absolute Gasteiger partial charge is 0.238 e. The summed E-state index contributed by atoms with van der Waals surface area (Å²) in [4.78, 5) is 0.0153. The molecular weight excluding hydrogens is 393 g/mol. The number of nitrogens with two attached hydrogens (primary N) is 1. The first-order valence-electron chi connectivity index (χ1n) is 8.86. The van der Waals surface area contributed by atoms with E-state index in [0.717, 1.165) is 16.8 Å². The Labute approximate surface area is 167 Å². The van der Waals surface area contributed by atoms with Gasteiger partial charge in [0.15, 0.2) is 0 Å². The molecule has 4 rings (SSSR count). The van der Waals surface area contributed by atoms with E-state index < -0.39 is 10.0 Å². The molecule has 0 amide bonds. The standard InChI is InChI=1S/C21H18FN3O3S/c22-16-5-1-15(2-6-16)21-13-20(14-3-9-18(26)10-4-14)24-25(21)17-7-11-19(12-8-17)29(23,27)28/h1-12,21,26H,13H2,(H2,23,27,28). The number of primary sulfonamides is 1. The van der Waals surface area contributed by atoms with Gasteiger partial charge >= 0.3 is 0 Å². The molecule has 0 saturated carbocycles. The first-order valence-corrected chi connectivity index (χ1v) is 10.4. The van der Waals surface area contributed by atoms with Crippen molar-refractivity contribution in [3.63, 3.8) is 0 Å². The molecule has 0 fully saturated rings. The number of anilines is 1. The average molecular weight is 411 g/mol. The summed E-state index contributed by atoms with van der Waals surface area (Å²) >= 11 is 0. The van der Waals surface area contributed by atoms with Gasteiger partial charge in [-0.15, -0.1) is 0 Å². The van der Waals surface area contributed by atoms with Crippen molar-refractivity contribution in [3.8, 4) is 5.75 Å². The fourth-order valence-corrected chi connectivity index (χ4v) is 3.83. The van der Waals surface area contributed by atoms with Crippen LogP contribution in [0.15, 0.2) is 82.8 Å². The van der Waals surface area contributed by atoms with E-state index in [0.29, 0.717) is 12.1 Å². The second-order valence-electron chi connectivity index (χ2n) is 6.75. The third-order valence-corrected chi connectivity index (χ3v) is 5.72. The number of phenolic OH excluding ortho intramolecular Hbond substituents is 1. The van der Waals surface area contributed by atoms with Gasteiger partial charge in [-0.2, -0.15) is 5.10 Å². The number of hydrogen-bond acceptors (Lipinski definition) is 5. The van der Waals surface area contributed by atoms with Crippen LogP contribution in [0.5, 0.6) is 5.75 Å². The normalized spacial score (nSPS) is 16.7. The Balaban J connectivity index is 1.74. The van der Waals surface area contributed by atoms with E-state index in [9.17, 15) is 17.9 Å². The van der Waals surface area contributed by atoms with E-state index in [1.807, 2.05) is 0 Å².